The molecule has 0 aromatic carbocycles. The predicted octanol–water partition coefficient (Wildman–Crippen LogP) is 3.62. The van der Waals surface area contributed by atoms with Crippen LogP contribution in [0, 0.1) is 0 Å². The number of aliphatic hydroxyl groups is 1. The van der Waals surface area contributed by atoms with Gasteiger partial charge in [0.2, 0.25) is 0 Å². The first-order chi connectivity index (χ1) is 7.60. The number of unbranched alkanes of at least 4 members (excludes halogenated alkanes) is 4. The van der Waals surface area contributed by atoms with Gasteiger partial charge in [0.15, 0.2) is 0 Å². The van der Waals surface area contributed by atoms with E-state index in [1.807, 2.05) is 6.92 Å². The van der Waals surface area contributed by atoms with E-state index in [9.17, 15) is 5.11 Å². The van der Waals surface area contributed by atoms with Crippen molar-refractivity contribution in [1.82, 2.24) is 0 Å². The fourth-order valence-electron chi connectivity index (χ4n) is 2.17. The van der Waals surface area contributed by atoms with Crippen LogP contribution in [0.4, 0.5) is 0 Å². The van der Waals surface area contributed by atoms with E-state index in [-0.39, 0.29) is 6.04 Å². The predicted molar refractivity (Wildman–Crippen MR) is 71.5 cm³/mol. The number of nitrogens with two attached hydrogens (primary N) is 1. The van der Waals surface area contributed by atoms with Gasteiger partial charge in [0.05, 0.1) is 5.60 Å². The summed E-state index contributed by atoms with van der Waals surface area (Å²) in [5.41, 5.74) is 5.51. The molecule has 3 N–H and O–H groups in total. The fraction of sp³-hybridized carbons (Fsp3) is 1.00. The number of hydrogen-bond donors (Lipinski definition) is 2. The summed E-state index contributed by atoms with van der Waals surface area (Å²) >= 11 is 0. The Balaban J connectivity index is 3.92. The van der Waals surface area contributed by atoms with E-state index in [4.69, 9.17) is 5.73 Å². The van der Waals surface area contributed by atoms with Crippen LogP contribution in [0.1, 0.15) is 78.6 Å². The molecule has 0 saturated carbocycles. The van der Waals surface area contributed by atoms with E-state index in [0.29, 0.717) is 0 Å². The maximum Gasteiger partial charge on any atom is 0.0795 e. The minimum atomic E-state index is -0.623. The highest BCUT2D eigenvalue weighted by Crippen LogP contribution is 2.24. The SMILES string of the molecule is CCCCCCC(N)C(O)(CC)CCCC. The minimum absolute atomic E-state index is 0.0408. The van der Waals surface area contributed by atoms with Gasteiger partial charge in [-0.2, -0.15) is 0 Å². The molecule has 0 bridgehead atoms. The molecule has 0 spiro atoms. The van der Waals surface area contributed by atoms with Gasteiger partial charge >= 0.3 is 0 Å². The molecule has 0 rings (SSSR count). The van der Waals surface area contributed by atoms with Crippen molar-refractivity contribution >= 4 is 0 Å². The Morgan fingerprint density at radius 2 is 1.62 bits per heavy atom. The summed E-state index contributed by atoms with van der Waals surface area (Å²) in [6.07, 6.45) is 9.75. The van der Waals surface area contributed by atoms with Crippen LogP contribution in [0.3, 0.4) is 0 Å². The largest absolute Gasteiger partial charge is 0.388 e. The molecule has 0 radical (unpaired) electrons. The summed E-state index contributed by atoms with van der Waals surface area (Å²) < 4.78 is 0. The van der Waals surface area contributed by atoms with E-state index in [1.54, 1.807) is 0 Å². The monoisotopic (exact) mass is 229 g/mol. The topological polar surface area (TPSA) is 46.2 Å². The fourth-order valence-corrected chi connectivity index (χ4v) is 2.17. The van der Waals surface area contributed by atoms with Gasteiger partial charge in [-0.1, -0.05) is 59.3 Å². The van der Waals surface area contributed by atoms with Crippen LogP contribution in [-0.2, 0) is 0 Å². The van der Waals surface area contributed by atoms with Crippen molar-refractivity contribution in [3.05, 3.63) is 0 Å². The Morgan fingerprint density at radius 3 is 2.12 bits per heavy atom. The highest BCUT2D eigenvalue weighted by molar-refractivity contribution is 4.88. The molecule has 2 nitrogen and oxygen atoms in total. The molecule has 2 heteroatoms. The van der Waals surface area contributed by atoms with Gasteiger partial charge in [0.1, 0.15) is 0 Å². The van der Waals surface area contributed by atoms with E-state index in [1.165, 1.54) is 19.3 Å². The second-order valence-corrected chi connectivity index (χ2v) is 5.02. The van der Waals surface area contributed by atoms with E-state index >= 15 is 0 Å². The van der Waals surface area contributed by atoms with Crippen LogP contribution in [0.25, 0.3) is 0 Å². The lowest BCUT2D eigenvalue weighted by Crippen LogP contribution is -2.47. The molecule has 0 amide bonds. The Morgan fingerprint density at radius 1 is 1.00 bits per heavy atom. The lowest BCUT2D eigenvalue weighted by Gasteiger charge is -2.33. The molecular formula is C14H31NO. The first-order valence-electron chi connectivity index (χ1n) is 7.08. The van der Waals surface area contributed by atoms with Crippen LogP contribution in [0.2, 0.25) is 0 Å². The standard InChI is InChI=1S/C14H31NO/c1-4-7-9-10-11-13(15)14(16,6-3)12-8-5-2/h13,16H,4-12,15H2,1-3H3. The molecule has 0 aromatic rings. The highest BCUT2D eigenvalue weighted by atomic mass is 16.3. The van der Waals surface area contributed by atoms with Crippen LogP contribution < -0.4 is 5.73 Å². The molecule has 0 aliphatic rings. The van der Waals surface area contributed by atoms with Gasteiger partial charge in [0.25, 0.3) is 0 Å². The van der Waals surface area contributed by atoms with Crippen molar-refractivity contribution in [3.63, 3.8) is 0 Å². The van der Waals surface area contributed by atoms with Crippen LogP contribution >= 0.6 is 0 Å². The normalized spacial score (nSPS) is 17.1. The van der Waals surface area contributed by atoms with Gasteiger partial charge in [-0.3, -0.25) is 0 Å². The van der Waals surface area contributed by atoms with Crippen molar-refractivity contribution in [3.8, 4) is 0 Å². The van der Waals surface area contributed by atoms with E-state index in [2.05, 4.69) is 13.8 Å². The third-order valence-corrected chi connectivity index (χ3v) is 3.63. The van der Waals surface area contributed by atoms with Crippen LogP contribution in [0.15, 0.2) is 0 Å². The molecule has 2 atom stereocenters. The second-order valence-electron chi connectivity index (χ2n) is 5.02. The Labute approximate surface area is 102 Å². The molecule has 0 aliphatic heterocycles. The smallest absolute Gasteiger partial charge is 0.0795 e. The first-order valence-corrected chi connectivity index (χ1v) is 7.08. The molecule has 0 fully saturated rings. The average molecular weight is 229 g/mol. The highest BCUT2D eigenvalue weighted by Gasteiger charge is 2.30. The third kappa shape index (κ3) is 5.86. The maximum atomic E-state index is 10.5. The average Bonchev–Trinajstić information content (AvgIpc) is 2.31. The van der Waals surface area contributed by atoms with Crippen LogP contribution in [-0.4, -0.2) is 16.7 Å². The van der Waals surface area contributed by atoms with Gasteiger partial charge in [-0.25, -0.2) is 0 Å². The third-order valence-electron chi connectivity index (χ3n) is 3.63. The van der Waals surface area contributed by atoms with Gasteiger partial charge in [-0.05, 0) is 19.3 Å². The Bertz CT molecular complexity index is 161. The van der Waals surface area contributed by atoms with Gasteiger partial charge in [0, 0.05) is 6.04 Å². The zero-order chi connectivity index (χ0) is 12.4. The number of rotatable bonds is 10. The molecule has 0 aromatic heterocycles. The molecule has 16 heavy (non-hydrogen) atoms. The molecule has 0 heterocycles. The summed E-state index contributed by atoms with van der Waals surface area (Å²) in [7, 11) is 0. The van der Waals surface area contributed by atoms with Gasteiger partial charge < -0.3 is 10.8 Å². The summed E-state index contributed by atoms with van der Waals surface area (Å²) in [6.45, 7) is 6.41. The van der Waals surface area contributed by atoms with Crippen LogP contribution in [0.5, 0.6) is 0 Å². The van der Waals surface area contributed by atoms with Crippen molar-refractivity contribution in [2.75, 3.05) is 0 Å². The van der Waals surface area contributed by atoms with Crippen molar-refractivity contribution in [2.45, 2.75) is 90.2 Å². The van der Waals surface area contributed by atoms with Gasteiger partial charge in [-0.15, -0.1) is 0 Å². The Kier molecular flexibility index (Phi) is 8.96. The molecule has 2 unspecified atom stereocenters. The zero-order valence-corrected chi connectivity index (χ0v) is 11.5. The van der Waals surface area contributed by atoms with E-state index in [0.717, 1.165) is 38.5 Å². The summed E-state index contributed by atoms with van der Waals surface area (Å²) in [5.74, 6) is 0. The Hall–Kier alpha value is -0.0800. The van der Waals surface area contributed by atoms with Crippen molar-refractivity contribution in [2.24, 2.45) is 5.73 Å². The quantitative estimate of drug-likeness (QED) is 0.562. The maximum absolute atomic E-state index is 10.5. The molecular weight excluding hydrogens is 198 g/mol. The lowest BCUT2D eigenvalue weighted by atomic mass is 9.84. The van der Waals surface area contributed by atoms with E-state index < -0.39 is 5.60 Å². The summed E-state index contributed by atoms with van der Waals surface area (Å²) in [6, 6.07) is -0.0408. The number of hydrogen-bond acceptors (Lipinski definition) is 2. The molecule has 0 saturated heterocycles. The summed E-state index contributed by atoms with van der Waals surface area (Å²) in [5, 5.41) is 10.5. The second kappa shape index (κ2) is 9.00. The lowest BCUT2D eigenvalue weighted by molar-refractivity contribution is -0.00297. The molecule has 98 valence electrons. The zero-order valence-electron chi connectivity index (χ0n) is 11.5. The first kappa shape index (κ1) is 15.9. The van der Waals surface area contributed by atoms with Crippen molar-refractivity contribution in [1.29, 1.82) is 0 Å². The summed E-state index contributed by atoms with van der Waals surface area (Å²) in [4.78, 5) is 0. The minimum Gasteiger partial charge on any atom is -0.388 e. The van der Waals surface area contributed by atoms with Crippen molar-refractivity contribution < 1.29 is 5.11 Å². The molecule has 0 aliphatic carbocycles.